The zero-order valence-electron chi connectivity index (χ0n) is 4.27. The van der Waals surface area contributed by atoms with Gasteiger partial charge in [0.05, 0.1) is 5.91 Å². The van der Waals surface area contributed by atoms with Crippen molar-refractivity contribution in [3.63, 3.8) is 0 Å². The quantitative estimate of drug-likeness (QED) is 0.562. The van der Waals surface area contributed by atoms with E-state index in [9.17, 15) is 4.79 Å². The zero-order valence-corrected chi connectivity index (χ0v) is 7.11. The molecule has 0 aliphatic rings. The van der Waals surface area contributed by atoms with Gasteiger partial charge in [0.1, 0.15) is 0 Å². The van der Waals surface area contributed by atoms with Gasteiger partial charge in [-0.15, -0.1) is 0 Å². The molecule has 39 valence electrons. The summed E-state index contributed by atoms with van der Waals surface area (Å²) < 4.78 is 0. The van der Waals surface area contributed by atoms with Crippen molar-refractivity contribution in [1.82, 2.24) is 5.32 Å². The van der Waals surface area contributed by atoms with E-state index >= 15 is 0 Å². The number of hydrogen-bond donors (Lipinski definition) is 1. The number of hydrogen-bond acceptors (Lipinski definition) is 1. The van der Waals surface area contributed by atoms with E-state index < -0.39 is 0 Å². The van der Waals surface area contributed by atoms with Crippen LogP contribution >= 0.6 is 0 Å². The van der Waals surface area contributed by atoms with Gasteiger partial charge in [-0.3, -0.25) is 7.05 Å². The average Bonchev–Trinajstić information content (AvgIpc) is 1.65. The molecule has 0 rings (SSSR count). The summed E-state index contributed by atoms with van der Waals surface area (Å²) in [5, 5.41) is 2.17. The molecule has 7 heavy (non-hydrogen) atoms. The van der Waals surface area contributed by atoms with Crippen LogP contribution in [-0.4, -0.2) is 5.91 Å². The van der Waals surface area contributed by atoms with E-state index in [-0.39, 0.29) is 38.6 Å². The molecule has 0 fully saturated rings. The van der Waals surface area contributed by atoms with Crippen LogP contribution < -0.4 is 5.32 Å². The molecule has 0 saturated heterocycles. The Morgan fingerprint density at radius 3 is 2.29 bits per heavy atom. The van der Waals surface area contributed by atoms with E-state index in [0.717, 1.165) is 0 Å². The van der Waals surface area contributed by atoms with Gasteiger partial charge in [-0.2, -0.15) is 6.92 Å². The Labute approximate surface area is 68.9 Å². The molecule has 0 aliphatic carbocycles. The first-order chi connectivity index (χ1) is 2.81. The molecular weight excluding hydrogens is 167 g/mol. The first-order valence-corrected chi connectivity index (χ1v) is 1.67. The van der Waals surface area contributed by atoms with Crippen molar-refractivity contribution in [2.75, 3.05) is 0 Å². The van der Waals surface area contributed by atoms with Crippen LogP contribution in [0.25, 0.3) is 0 Å². The largest absolute Gasteiger partial charge is 0.534 e. The fourth-order valence-corrected chi connectivity index (χ4v) is 0.102. The zero-order chi connectivity index (χ0) is 4.99. The number of carbonyl (C=O) groups is 1. The molecule has 0 aromatic carbocycles. The Kier molecular flexibility index (Phi) is 9.60. The second kappa shape index (κ2) is 6.44. The Morgan fingerprint density at radius 2 is 2.29 bits per heavy atom. The number of carbonyl (C=O) groups excluding carboxylic acids is 1. The molecule has 1 radical (unpaired) electrons. The monoisotopic (exact) mass is 174 g/mol. The van der Waals surface area contributed by atoms with Crippen LogP contribution in [0.3, 0.4) is 0 Å². The predicted octanol–water partition coefficient (Wildman–Crippen LogP) is 0.116. The van der Waals surface area contributed by atoms with Crippen molar-refractivity contribution in [2.45, 2.75) is 6.92 Å². The van der Waals surface area contributed by atoms with Crippen LogP contribution in [-0.2, 0) is 37.5 Å². The first-order valence-electron chi connectivity index (χ1n) is 1.67. The van der Waals surface area contributed by atoms with E-state index in [1.54, 1.807) is 6.92 Å². The third-order valence-corrected chi connectivity index (χ3v) is 0.436. The normalized spacial score (nSPS) is 6.00. The SMILES string of the molecule is [CH2-]NC(=O)[CH-]C.[Y]. The fourth-order valence-electron chi connectivity index (χ4n) is 0.102. The second-order valence-corrected chi connectivity index (χ2v) is 0.830. The molecule has 0 aromatic heterocycles. The van der Waals surface area contributed by atoms with Gasteiger partial charge in [0.15, 0.2) is 0 Å². The molecule has 1 N–H and O–H groups in total. The molecule has 0 spiro atoms. The number of amides is 1. The summed E-state index contributed by atoms with van der Waals surface area (Å²) in [6, 6.07) is 0. The van der Waals surface area contributed by atoms with Gasteiger partial charge in [-0.05, 0) is 0 Å². The van der Waals surface area contributed by atoms with Gasteiger partial charge < -0.3 is 16.5 Å². The predicted molar refractivity (Wildman–Crippen MR) is 23.5 cm³/mol. The Morgan fingerprint density at radius 1 is 1.86 bits per heavy atom. The molecule has 0 aromatic rings. The summed E-state index contributed by atoms with van der Waals surface area (Å²) in [7, 11) is 3.13. The first kappa shape index (κ1) is 10.4. The molecule has 1 amide bonds. The molecule has 0 atom stereocenters. The summed E-state index contributed by atoms with van der Waals surface area (Å²) in [6.07, 6.45) is 1.41. The molecule has 0 saturated carbocycles. The Bertz CT molecular complexity index is 49.7. The maximum absolute atomic E-state index is 9.95. The maximum Gasteiger partial charge on any atom is 0.0526 e. The van der Waals surface area contributed by atoms with E-state index in [4.69, 9.17) is 0 Å². The van der Waals surface area contributed by atoms with Crippen molar-refractivity contribution in [2.24, 2.45) is 0 Å². The summed E-state index contributed by atoms with van der Waals surface area (Å²) in [4.78, 5) is 9.95. The van der Waals surface area contributed by atoms with Gasteiger partial charge in [-0.1, -0.05) is 0 Å². The summed E-state index contributed by atoms with van der Waals surface area (Å²) >= 11 is 0. The molecule has 2 nitrogen and oxygen atoms in total. The fraction of sp³-hybridized carbons (Fsp3) is 0.250. The van der Waals surface area contributed by atoms with Crippen LogP contribution in [0.15, 0.2) is 0 Å². The van der Waals surface area contributed by atoms with Crippen LogP contribution in [0.4, 0.5) is 0 Å². The minimum atomic E-state index is -0.144. The van der Waals surface area contributed by atoms with E-state index in [2.05, 4.69) is 12.4 Å². The summed E-state index contributed by atoms with van der Waals surface area (Å²) in [5.41, 5.74) is 0. The van der Waals surface area contributed by atoms with E-state index in [1.165, 1.54) is 6.42 Å². The third kappa shape index (κ3) is 6.44. The van der Waals surface area contributed by atoms with Gasteiger partial charge in [0, 0.05) is 32.7 Å². The number of nitrogens with one attached hydrogen (secondary N) is 1. The van der Waals surface area contributed by atoms with E-state index in [1.807, 2.05) is 0 Å². The topological polar surface area (TPSA) is 29.1 Å². The third-order valence-electron chi connectivity index (χ3n) is 0.436. The maximum atomic E-state index is 9.95. The standard InChI is InChI=1S/C4H7NO.Y/c1-3-4(6)5-2;/h3H,2H2,1H3,(H,5,6);/q-2;. The minimum Gasteiger partial charge on any atom is -0.534 e. The second-order valence-electron chi connectivity index (χ2n) is 0.830. The Balaban J connectivity index is 0. The van der Waals surface area contributed by atoms with E-state index in [0.29, 0.717) is 0 Å². The molecular formula is C4H7NOY-2. The van der Waals surface area contributed by atoms with Crippen molar-refractivity contribution in [3.05, 3.63) is 13.5 Å². The Hall–Kier alpha value is 0.444. The average molecular weight is 174 g/mol. The molecule has 0 unspecified atom stereocenters. The summed E-state index contributed by atoms with van der Waals surface area (Å²) in [6.45, 7) is 1.65. The molecule has 0 aliphatic heterocycles. The minimum absolute atomic E-state index is 0. The number of rotatable bonds is 1. The summed E-state index contributed by atoms with van der Waals surface area (Å²) in [5.74, 6) is -0.144. The van der Waals surface area contributed by atoms with Gasteiger partial charge in [0.2, 0.25) is 0 Å². The van der Waals surface area contributed by atoms with Crippen molar-refractivity contribution >= 4 is 5.91 Å². The van der Waals surface area contributed by atoms with Crippen molar-refractivity contribution in [3.8, 4) is 0 Å². The van der Waals surface area contributed by atoms with Crippen molar-refractivity contribution < 1.29 is 37.5 Å². The van der Waals surface area contributed by atoms with Crippen LogP contribution in [0, 0.1) is 13.5 Å². The smallest absolute Gasteiger partial charge is 0.0526 e. The molecule has 0 heterocycles. The molecule has 3 heteroatoms. The van der Waals surface area contributed by atoms with Crippen LogP contribution in [0.1, 0.15) is 6.92 Å². The van der Waals surface area contributed by atoms with Crippen LogP contribution in [0.2, 0.25) is 0 Å². The van der Waals surface area contributed by atoms with Gasteiger partial charge >= 0.3 is 0 Å². The van der Waals surface area contributed by atoms with Gasteiger partial charge in [-0.25, -0.2) is 0 Å². The van der Waals surface area contributed by atoms with Gasteiger partial charge in [0.25, 0.3) is 0 Å². The van der Waals surface area contributed by atoms with Crippen LogP contribution in [0.5, 0.6) is 0 Å². The molecule has 0 bridgehead atoms. The van der Waals surface area contributed by atoms with Crippen molar-refractivity contribution in [1.29, 1.82) is 0 Å².